The molecule has 1 heterocycles. The van der Waals surface area contributed by atoms with Crippen molar-refractivity contribution in [2.45, 2.75) is 19.8 Å². The predicted molar refractivity (Wildman–Crippen MR) is 73.2 cm³/mol. The van der Waals surface area contributed by atoms with E-state index in [0.29, 0.717) is 10.8 Å². The number of benzene rings is 1. The zero-order chi connectivity index (χ0) is 12.3. The standard InChI is InChI=1S/C14H13ClOS/c1-10-2-4-11(5-3-10)6-7-12(16)13-8-9-14(15)17-13/h2-5,8-9H,6-7H2,1H3. The van der Waals surface area contributed by atoms with Crippen LogP contribution in [0.1, 0.15) is 27.2 Å². The molecule has 1 aromatic heterocycles. The first-order valence-electron chi connectivity index (χ1n) is 5.49. The van der Waals surface area contributed by atoms with Gasteiger partial charge in [-0.25, -0.2) is 0 Å². The highest BCUT2D eigenvalue weighted by Crippen LogP contribution is 2.23. The van der Waals surface area contributed by atoms with Gasteiger partial charge in [0.05, 0.1) is 9.21 Å². The second kappa shape index (κ2) is 5.48. The first-order valence-corrected chi connectivity index (χ1v) is 6.68. The molecule has 0 aliphatic heterocycles. The number of rotatable bonds is 4. The van der Waals surface area contributed by atoms with Crippen molar-refractivity contribution in [2.75, 3.05) is 0 Å². The molecular formula is C14H13ClOS. The minimum absolute atomic E-state index is 0.169. The third kappa shape index (κ3) is 3.42. The van der Waals surface area contributed by atoms with Crippen LogP contribution in [0.4, 0.5) is 0 Å². The van der Waals surface area contributed by atoms with Crippen LogP contribution in [0.3, 0.4) is 0 Å². The minimum Gasteiger partial charge on any atom is -0.293 e. The molecule has 3 heteroatoms. The Morgan fingerprint density at radius 1 is 1.18 bits per heavy atom. The van der Waals surface area contributed by atoms with Gasteiger partial charge in [-0.05, 0) is 31.0 Å². The molecule has 0 amide bonds. The van der Waals surface area contributed by atoms with E-state index >= 15 is 0 Å². The molecule has 0 aliphatic carbocycles. The normalized spacial score (nSPS) is 10.5. The second-order valence-electron chi connectivity index (χ2n) is 4.01. The molecule has 0 aliphatic rings. The number of carbonyl (C=O) groups excluding carboxylic acids is 1. The van der Waals surface area contributed by atoms with E-state index in [4.69, 9.17) is 11.6 Å². The van der Waals surface area contributed by atoms with E-state index in [-0.39, 0.29) is 5.78 Å². The molecule has 0 saturated carbocycles. The third-order valence-electron chi connectivity index (χ3n) is 2.61. The van der Waals surface area contributed by atoms with Crippen molar-refractivity contribution in [1.29, 1.82) is 0 Å². The predicted octanol–water partition coefficient (Wildman–Crippen LogP) is 4.53. The Morgan fingerprint density at radius 2 is 1.88 bits per heavy atom. The largest absolute Gasteiger partial charge is 0.293 e. The van der Waals surface area contributed by atoms with E-state index in [1.54, 1.807) is 12.1 Å². The Kier molecular flexibility index (Phi) is 3.97. The Morgan fingerprint density at radius 3 is 2.47 bits per heavy atom. The molecule has 0 spiro atoms. The number of ketones is 1. The number of hydrogen-bond donors (Lipinski definition) is 0. The van der Waals surface area contributed by atoms with Crippen LogP contribution in [0.5, 0.6) is 0 Å². The smallest absolute Gasteiger partial charge is 0.173 e. The SMILES string of the molecule is Cc1ccc(CCC(=O)c2ccc(Cl)s2)cc1. The minimum atomic E-state index is 0.169. The molecule has 2 aromatic rings. The molecule has 1 aromatic carbocycles. The van der Waals surface area contributed by atoms with Crippen molar-refractivity contribution in [3.05, 3.63) is 56.7 Å². The highest BCUT2D eigenvalue weighted by molar-refractivity contribution is 7.18. The lowest BCUT2D eigenvalue weighted by Crippen LogP contribution is -1.98. The molecular weight excluding hydrogens is 252 g/mol. The van der Waals surface area contributed by atoms with Crippen molar-refractivity contribution in [2.24, 2.45) is 0 Å². The van der Waals surface area contributed by atoms with Gasteiger partial charge in [0, 0.05) is 6.42 Å². The monoisotopic (exact) mass is 264 g/mol. The zero-order valence-electron chi connectivity index (χ0n) is 9.57. The second-order valence-corrected chi connectivity index (χ2v) is 5.73. The summed E-state index contributed by atoms with van der Waals surface area (Å²) in [5.74, 6) is 0.169. The summed E-state index contributed by atoms with van der Waals surface area (Å²) < 4.78 is 0.670. The Labute approximate surface area is 110 Å². The van der Waals surface area contributed by atoms with E-state index < -0.39 is 0 Å². The van der Waals surface area contributed by atoms with Crippen LogP contribution < -0.4 is 0 Å². The molecule has 1 nitrogen and oxygen atoms in total. The number of aryl methyl sites for hydroxylation is 2. The maximum Gasteiger partial charge on any atom is 0.173 e. The van der Waals surface area contributed by atoms with Gasteiger partial charge in [0.25, 0.3) is 0 Å². The van der Waals surface area contributed by atoms with Crippen LogP contribution >= 0.6 is 22.9 Å². The highest BCUT2D eigenvalue weighted by Gasteiger charge is 2.08. The molecule has 0 atom stereocenters. The van der Waals surface area contributed by atoms with Crippen LogP contribution in [0, 0.1) is 6.92 Å². The molecule has 88 valence electrons. The molecule has 0 fully saturated rings. The van der Waals surface area contributed by atoms with Crippen LogP contribution in [-0.4, -0.2) is 5.78 Å². The summed E-state index contributed by atoms with van der Waals surface area (Å²) in [5, 5.41) is 0. The van der Waals surface area contributed by atoms with E-state index in [1.807, 2.05) is 0 Å². The quantitative estimate of drug-likeness (QED) is 0.742. The molecule has 17 heavy (non-hydrogen) atoms. The van der Waals surface area contributed by atoms with Crippen molar-refractivity contribution in [3.8, 4) is 0 Å². The van der Waals surface area contributed by atoms with Crippen molar-refractivity contribution >= 4 is 28.7 Å². The summed E-state index contributed by atoms with van der Waals surface area (Å²) in [4.78, 5) is 12.6. The molecule has 0 radical (unpaired) electrons. The van der Waals surface area contributed by atoms with Crippen molar-refractivity contribution in [1.82, 2.24) is 0 Å². The number of carbonyl (C=O) groups is 1. The highest BCUT2D eigenvalue weighted by atomic mass is 35.5. The van der Waals surface area contributed by atoms with Gasteiger partial charge >= 0.3 is 0 Å². The average Bonchev–Trinajstić information content (AvgIpc) is 2.75. The fourth-order valence-corrected chi connectivity index (χ4v) is 2.61. The fourth-order valence-electron chi connectivity index (χ4n) is 1.60. The molecule has 0 saturated heterocycles. The lowest BCUT2D eigenvalue weighted by atomic mass is 10.1. The van der Waals surface area contributed by atoms with E-state index in [0.717, 1.165) is 11.3 Å². The van der Waals surface area contributed by atoms with E-state index in [2.05, 4.69) is 31.2 Å². The van der Waals surface area contributed by atoms with E-state index in [1.165, 1.54) is 22.5 Å². The lowest BCUT2D eigenvalue weighted by molar-refractivity contribution is 0.0987. The molecule has 2 rings (SSSR count). The average molecular weight is 265 g/mol. The van der Waals surface area contributed by atoms with Crippen LogP contribution in [0.15, 0.2) is 36.4 Å². The Hall–Kier alpha value is -1.12. The van der Waals surface area contributed by atoms with Gasteiger partial charge in [-0.15, -0.1) is 11.3 Å². The van der Waals surface area contributed by atoms with Crippen LogP contribution in [0.25, 0.3) is 0 Å². The van der Waals surface area contributed by atoms with Gasteiger partial charge in [-0.2, -0.15) is 0 Å². The van der Waals surface area contributed by atoms with Gasteiger partial charge in [0.1, 0.15) is 0 Å². The maximum absolute atomic E-state index is 11.9. The summed E-state index contributed by atoms with van der Waals surface area (Å²) >= 11 is 7.15. The summed E-state index contributed by atoms with van der Waals surface area (Å²) in [6.07, 6.45) is 1.33. The number of hydrogen-bond acceptors (Lipinski definition) is 2. The Bertz CT molecular complexity index is 513. The summed E-state index contributed by atoms with van der Waals surface area (Å²) in [5.41, 5.74) is 2.44. The first kappa shape index (κ1) is 12.3. The summed E-state index contributed by atoms with van der Waals surface area (Å²) in [6, 6.07) is 11.9. The van der Waals surface area contributed by atoms with Gasteiger partial charge in [-0.1, -0.05) is 41.4 Å². The van der Waals surface area contributed by atoms with Crippen LogP contribution in [0.2, 0.25) is 4.34 Å². The fraction of sp³-hybridized carbons (Fsp3) is 0.214. The molecule has 0 N–H and O–H groups in total. The zero-order valence-corrected chi connectivity index (χ0v) is 11.1. The molecule has 0 unspecified atom stereocenters. The lowest BCUT2D eigenvalue weighted by Gasteiger charge is -2.00. The van der Waals surface area contributed by atoms with Crippen LogP contribution in [-0.2, 0) is 6.42 Å². The topological polar surface area (TPSA) is 17.1 Å². The summed E-state index contributed by atoms with van der Waals surface area (Å²) in [7, 11) is 0. The van der Waals surface area contributed by atoms with Gasteiger partial charge in [0.2, 0.25) is 0 Å². The van der Waals surface area contributed by atoms with Crippen molar-refractivity contribution in [3.63, 3.8) is 0 Å². The summed E-state index contributed by atoms with van der Waals surface area (Å²) in [6.45, 7) is 2.06. The number of halogens is 1. The van der Waals surface area contributed by atoms with Gasteiger partial charge in [-0.3, -0.25) is 4.79 Å². The van der Waals surface area contributed by atoms with Crippen molar-refractivity contribution < 1.29 is 4.79 Å². The number of thiophene rings is 1. The van der Waals surface area contributed by atoms with Gasteiger partial charge in [0.15, 0.2) is 5.78 Å². The van der Waals surface area contributed by atoms with Gasteiger partial charge < -0.3 is 0 Å². The first-order chi connectivity index (χ1) is 8.15. The maximum atomic E-state index is 11.9. The molecule has 0 bridgehead atoms. The van der Waals surface area contributed by atoms with E-state index in [9.17, 15) is 4.79 Å². The third-order valence-corrected chi connectivity index (χ3v) is 3.88. The Balaban J connectivity index is 1.94. The number of Topliss-reactive ketones (excluding diaryl/α,β-unsaturated/α-hetero) is 1.